The van der Waals surface area contributed by atoms with Crippen LogP contribution in [-0.4, -0.2) is 28.6 Å². The molecule has 142 valence electrons. The number of carboxylic acids is 1. The number of urea groups is 1. The summed E-state index contributed by atoms with van der Waals surface area (Å²) in [6.45, 7) is 2.98. The third kappa shape index (κ3) is 2.86. The van der Waals surface area contributed by atoms with Crippen molar-refractivity contribution in [2.75, 3.05) is 9.80 Å². The Hall–Kier alpha value is -3.44. The second kappa shape index (κ2) is 6.62. The smallest absolute Gasteiger partial charge is 0.338 e. The number of halogens is 2. The molecule has 3 rings (SSSR count). The van der Waals surface area contributed by atoms with Crippen LogP contribution >= 0.6 is 11.6 Å². The van der Waals surface area contributed by atoms with Crippen molar-refractivity contribution in [2.45, 2.75) is 19.4 Å². The van der Waals surface area contributed by atoms with Gasteiger partial charge in [0, 0.05) is 5.69 Å². The fourth-order valence-electron chi connectivity index (χ4n) is 3.01. The van der Waals surface area contributed by atoms with Gasteiger partial charge in [-0.1, -0.05) is 11.6 Å². The van der Waals surface area contributed by atoms with Gasteiger partial charge in [-0.2, -0.15) is 5.26 Å². The molecule has 0 radical (unpaired) electrons. The van der Waals surface area contributed by atoms with E-state index in [4.69, 9.17) is 22.0 Å². The second-order valence-electron chi connectivity index (χ2n) is 6.56. The first-order valence-electron chi connectivity index (χ1n) is 8.01. The Morgan fingerprint density at radius 3 is 2.36 bits per heavy atom. The number of hydrogen-bond donors (Lipinski definition) is 1. The van der Waals surface area contributed by atoms with E-state index in [-0.39, 0.29) is 22.0 Å². The van der Waals surface area contributed by atoms with Gasteiger partial charge >= 0.3 is 12.0 Å². The Balaban J connectivity index is 2.08. The van der Waals surface area contributed by atoms with Crippen LogP contribution in [0, 0.1) is 17.1 Å². The third-order valence-electron chi connectivity index (χ3n) is 4.44. The first kappa shape index (κ1) is 19.3. The molecule has 0 saturated carbocycles. The van der Waals surface area contributed by atoms with Crippen molar-refractivity contribution >= 4 is 40.9 Å². The molecule has 1 heterocycles. The maximum Gasteiger partial charge on any atom is 0.338 e. The van der Waals surface area contributed by atoms with Gasteiger partial charge in [0.25, 0.3) is 5.91 Å². The molecule has 1 aliphatic rings. The molecule has 2 aromatic carbocycles. The summed E-state index contributed by atoms with van der Waals surface area (Å²) in [5.74, 6) is -3.05. The Morgan fingerprint density at radius 1 is 1.18 bits per heavy atom. The van der Waals surface area contributed by atoms with Crippen LogP contribution in [0.5, 0.6) is 0 Å². The van der Waals surface area contributed by atoms with Crippen LogP contribution in [0.1, 0.15) is 29.8 Å². The van der Waals surface area contributed by atoms with Gasteiger partial charge in [-0.05, 0) is 50.2 Å². The van der Waals surface area contributed by atoms with Gasteiger partial charge < -0.3 is 5.11 Å². The van der Waals surface area contributed by atoms with Crippen LogP contribution in [0.3, 0.4) is 0 Å². The molecule has 2 aromatic rings. The second-order valence-corrected chi connectivity index (χ2v) is 6.97. The fraction of sp³-hybridized carbons (Fsp3) is 0.158. The van der Waals surface area contributed by atoms with E-state index in [2.05, 4.69) is 0 Å². The molecule has 0 aliphatic carbocycles. The zero-order chi connectivity index (χ0) is 20.8. The summed E-state index contributed by atoms with van der Waals surface area (Å²) in [6, 6.07) is 8.44. The van der Waals surface area contributed by atoms with E-state index in [0.717, 1.165) is 21.9 Å². The van der Waals surface area contributed by atoms with E-state index >= 15 is 0 Å². The Labute approximate surface area is 164 Å². The van der Waals surface area contributed by atoms with Gasteiger partial charge in [0.15, 0.2) is 0 Å². The van der Waals surface area contributed by atoms with Gasteiger partial charge in [0.2, 0.25) is 0 Å². The highest BCUT2D eigenvalue weighted by molar-refractivity contribution is 6.33. The highest BCUT2D eigenvalue weighted by atomic mass is 35.5. The minimum absolute atomic E-state index is 0.0353. The molecule has 0 spiro atoms. The van der Waals surface area contributed by atoms with Crippen LogP contribution < -0.4 is 9.80 Å². The molecule has 0 aromatic heterocycles. The van der Waals surface area contributed by atoms with Crippen molar-refractivity contribution in [1.29, 1.82) is 5.26 Å². The maximum atomic E-state index is 14.1. The summed E-state index contributed by atoms with van der Waals surface area (Å²) in [4.78, 5) is 38.9. The largest absolute Gasteiger partial charge is 0.478 e. The fourth-order valence-corrected chi connectivity index (χ4v) is 3.22. The molecule has 0 atom stereocenters. The number of amides is 3. The first-order chi connectivity index (χ1) is 13.1. The van der Waals surface area contributed by atoms with Gasteiger partial charge in [-0.25, -0.2) is 18.9 Å². The van der Waals surface area contributed by atoms with Gasteiger partial charge in [-0.3, -0.25) is 9.69 Å². The minimum atomic E-state index is -1.44. The number of anilines is 2. The average Bonchev–Trinajstić information content (AvgIpc) is 2.79. The number of rotatable bonds is 3. The summed E-state index contributed by atoms with van der Waals surface area (Å²) < 4.78 is 14.1. The zero-order valence-electron chi connectivity index (χ0n) is 14.7. The number of carbonyl (C=O) groups is 3. The van der Waals surface area contributed by atoms with Crippen molar-refractivity contribution in [3.05, 3.63) is 58.4 Å². The van der Waals surface area contributed by atoms with Crippen LogP contribution in [0.2, 0.25) is 5.02 Å². The molecule has 1 aliphatic heterocycles. The number of benzene rings is 2. The molecular weight excluding hydrogens is 389 g/mol. The Morgan fingerprint density at radius 2 is 1.82 bits per heavy atom. The van der Waals surface area contributed by atoms with Crippen molar-refractivity contribution in [3.63, 3.8) is 0 Å². The molecule has 0 unspecified atom stereocenters. The average molecular weight is 402 g/mol. The van der Waals surface area contributed by atoms with Crippen molar-refractivity contribution in [3.8, 4) is 6.07 Å². The molecular formula is C19H13ClFN3O4. The third-order valence-corrected chi connectivity index (χ3v) is 4.75. The number of imide groups is 1. The van der Waals surface area contributed by atoms with Crippen LogP contribution in [0.25, 0.3) is 0 Å². The van der Waals surface area contributed by atoms with Crippen LogP contribution in [-0.2, 0) is 4.79 Å². The number of nitriles is 1. The van der Waals surface area contributed by atoms with E-state index in [9.17, 15) is 18.8 Å². The van der Waals surface area contributed by atoms with Gasteiger partial charge in [0.1, 0.15) is 17.4 Å². The molecule has 7 nitrogen and oxygen atoms in total. The summed E-state index contributed by atoms with van der Waals surface area (Å²) in [5, 5.41) is 18.0. The van der Waals surface area contributed by atoms with Crippen molar-refractivity contribution in [1.82, 2.24) is 0 Å². The quantitative estimate of drug-likeness (QED) is 0.788. The summed E-state index contributed by atoms with van der Waals surface area (Å²) >= 11 is 6.01. The predicted molar refractivity (Wildman–Crippen MR) is 99.0 cm³/mol. The molecule has 9 heteroatoms. The van der Waals surface area contributed by atoms with Crippen molar-refractivity contribution < 1.29 is 23.9 Å². The van der Waals surface area contributed by atoms with E-state index in [1.807, 2.05) is 6.07 Å². The number of hydrogen-bond acceptors (Lipinski definition) is 4. The number of nitrogens with zero attached hydrogens (tertiary/aromatic N) is 3. The highest BCUT2D eigenvalue weighted by Gasteiger charge is 2.52. The number of carbonyl (C=O) groups excluding carboxylic acids is 2. The Bertz CT molecular complexity index is 1080. The molecule has 1 N–H and O–H groups in total. The van der Waals surface area contributed by atoms with E-state index < -0.39 is 34.8 Å². The van der Waals surface area contributed by atoms with E-state index in [1.165, 1.54) is 38.1 Å². The number of aromatic carboxylic acids is 1. The lowest BCUT2D eigenvalue weighted by Gasteiger charge is -2.27. The standard InChI is InChI=1S/C19H13ClFN3O4/c1-19(2)17(27)23(11-4-3-10(9-22)14(20)7-11)18(28)24(19)12-5-6-13(16(25)26)15(21)8-12/h3-8H,1-2H3,(H,25,26). The monoisotopic (exact) mass is 401 g/mol. The lowest BCUT2D eigenvalue weighted by Crippen LogP contribution is -2.44. The predicted octanol–water partition coefficient (Wildman–Crippen LogP) is 3.80. The summed E-state index contributed by atoms with van der Waals surface area (Å²) in [5.41, 5.74) is -1.53. The molecule has 28 heavy (non-hydrogen) atoms. The van der Waals surface area contributed by atoms with Crippen LogP contribution in [0.4, 0.5) is 20.6 Å². The summed E-state index contributed by atoms with van der Waals surface area (Å²) in [6.07, 6.45) is 0. The normalized spacial score (nSPS) is 15.7. The van der Waals surface area contributed by atoms with Crippen molar-refractivity contribution in [2.24, 2.45) is 0 Å². The Kier molecular flexibility index (Phi) is 4.57. The lowest BCUT2D eigenvalue weighted by atomic mass is 10.0. The highest BCUT2D eigenvalue weighted by Crippen LogP contribution is 2.37. The van der Waals surface area contributed by atoms with Gasteiger partial charge in [0.05, 0.1) is 21.8 Å². The maximum absolute atomic E-state index is 14.1. The SMILES string of the molecule is CC1(C)C(=O)N(c2ccc(C#N)c(Cl)c2)C(=O)N1c1ccc(C(=O)O)c(F)c1. The van der Waals surface area contributed by atoms with Crippen LogP contribution in [0.15, 0.2) is 36.4 Å². The molecule has 1 saturated heterocycles. The van der Waals surface area contributed by atoms with E-state index in [1.54, 1.807) is 0 Å². The van der Waals surface area contributed by atoms with E-state index in [0.29, 0.717) is 0 Å². The number of carboxylic acid groups (broad SMARTS) is 1. The van der Waals surface area contributed by atoms with Gasteiger partial charge in [-0.15, -0.1) is 0 Å². The lowest BCUT2D eigenvalue weighted by molar-refractivity contribution is -0.120. The zero-order valence-corrected chi connectivity index (χ0v) is 15.5. The molecule has 1 fully saturated rings. The molecule has 0 bridgehead atoms. The summed E-state index contributed by atoms with van der Waals surface area (Å²) in [7, 11) is 0. The minimum Gasteiger partial charge on any atom is -0.478 e. The molecule has 3 amide bonds. The topological polar surface area (TPSA) is 102 Å². The first-order valence-corrected chi connectivity index (χ1v) is 8.38.